The molecule has 1 heteroatoms. The fraction of sp³-hybridized carbons (Fsp3) is 0.909. The monoisotopic (exact) mass is 168 g/mol. The maximum atomic E-state index is 3.56. The summed E-state index contributed by atoms with van der Waals surface area (Å²) in [5.74, 6) is 0.998. The van der Waals surface area contributed by atoms with E-state index in [1.165, 1.54) is 38.5 Å². The average Bonchev–Trinajstić information content (AvgIpc) is 2.86. The zero-order chi connectivity index (χ0) is 8.81. The van der Waals surface area contributed by atoms with Gasteiger partial charge in [0.2, 0.25) is 0 Å². The van der Waals surface area contributed by atoms with Crippen molar-refractivity contribution in [2.75, 3.05) is 0 Å². The SMILES string of the molecule is CCC[CH]NC(CCC)C1CC1. The van der Waals surface area contributed by atoms with Crippen molar-refractivity contribution in [3.8, 4) is 0 Å². The van der Waals surface area contributed by atoms with Gasteiger partial charge in [-0.25, -0.2) is 0 Å². The van der Waals surface area contributed by atoms with Crippen molar-refractivity contribution >= 4 is 0 Å². The second-order valence-corrected chi connectivity index (χ2v) is 3.89. The summed E-state index contributed by atoms with van der Waals surface area (Å²) >= 11 is 0. The van der Waals surface area contributed by atoms with E-state index in [9.17, 15) is 0 Å². The summed E-state index contributed by atoms with van der Waals surface area (Å²) in [6.45, 7) is 6.76. The Hall–Kier alpha value is -0.0400. The van der Waals surface area contributed by atoms with E-state index in [2.05, 4.69) is 25.7 Å². The molecule has 0 aromatic carbocycles. The van der Waals surface area contributed by atoms with Gasteiger partial charge in [-0.2, -0.15) is 0 Å². The molecule has 0 amide bonds. The molecule has 1 atom stereocenters. The lowest BCUT2D eigenvalue weighted by Crippen LogP contribution is -2.28. The number of unbranched alkanes of at least 4 members (excludes halogenated alkanes) is 1. The highest BCUT2D eigenvalue weighted by Crippen LogP contribution is 2.34. The normalized spacial score (nSPS) is 19.5. The minimum Gasteiger partial charge on any atom is -0.309 e. The molecule has 0 aromatic rings. The molecule has 0 bridgehead atoms. The van der Waals surface area contributed by atoms with E-state index in [-0.39, 0.29) is 0 Å². The molecule has 1 aliphatic rings. The van der Waals surface area contributed by atoms with Crippen LogP contribution in [-0.4, -0.2) is 6.04 Å². The van der Waals surface area contributed by atoms with Crippen LogP contribution in [0, 0.1) is 12.5 Å². The highest BCUT2D eigenvalue weighted by molar-refractivity contribution is 4.87. The van der Waals surface area contributed by atoms with Crippen molar-refractivity contribution in [2.24, 2.45) is 5.92 Å². The molecule has 1 aliphatic carbocycles. The first-order valence-corrected chi connectivity index (χ1v) is 5.46. The van der Waals surface area contributed by atoms with Crippen LogP contribution >= 0.6 is 0 Å². The van der Waals surface area contributed by atoms with Crippen molar-refractivity contribution < 1.29 is 0 Å². The predicted molar refractivity (Wildman–Crippen MR) is 53.8 cm³/mol. The van der Waals surface area contributed by atoms with E-state index in [4.69, 9.17) is 0 Å². The summed E-state index contributed by atoms with van der Waals surface area (Å²) in [5, 5.41) is 3.56. The highest BCUT2D eigenvalue weighted by Gasteiger charge is 2.29. The van der Waals surface area contributed by atoms with Crippen LogP contribution in [0.25, 0.3) is 0 Å². The molecule has 0 saturated heterocycles. The van der Waals surface area contributed by atoms with Crippen LogP contribution in [0.2, 0.25) is 0 Å². The fourth-order valence-corrected chi connectivity index (χ4v) is 1.64. The molecule has 0 aliphatic heterocycles. The Balaban J connectivity index is 2.05. The van der Waals surface area contributed by atoms with Gasteiger partial charge in [0, 0.05) is 12.6 Å². The molecule has 1 rings (SSSR count). The van der Waals surface area contributed by atoms with Gasteiger partial charge in [0.15, 0.2) is 0 Å². The molecule has 0 heterocycles. The summed E-state index contributed by atoms with van der Waals surface area (Å²) in [7, 11) is 0. The lowest BCUT2D eigenvalue weighted by atomic mass is 10.1. The van der Waals surface area contributed by atoms with Gasteiger partial charge < -0.3 is 5.32 Å². The smallest absolute Gasteiger partial charge is 0.0223 e. The van der Waals surface area contributed by atoms with Gasteiger partial charge in [0.25, 0.3) is 0 Å². The number of hydrogen-bond acceptors (Lipinski definition) is 1. The first-order valence-electron chi connectivity index (χ1n) is 5.46. The van der Waals surface area contributed by atoms with E-state index in [0.29, 0.717) is 0 Å². The van der Waals surface area contributed by atoms with Crippen molar-refractivity contribution in [1.29, 1.82) is 0 Å². The van der Waals surface area contributed by atoms with Crippen LogP contribution in [0.5, 0.6) is 0 Å². The van der Waals surface area contributed by atoms with Crippen LogP contribution < -0.4 is 5.32 Å². The van der Waals surface area contributed by atoms with Gasteiger partial charge in [-0.05, 0) is 31.6 Å². The summed E-state index contributed by atoms with van der Waals surface area (Å²) in [6.07, 6.45) is 8.05. The minimum atomic E-state index is 0.793. The predicted octanol–water partition coefficient (Wildman–Crippen LogP) is 3.12. The van der Waals surface area contributed by atoms with E-state index in [0.717, 1.165) is 12.0 Å². The quantitative estimate of drug-likeness (QED) is 0.576. The maximum absolute atomic E-state index is 3.56. The van der Waals surface area contributed by atoms with Crippen molar-refractivity contribution in [3.63, 3.8) is 0 Å². The zero-order valence-electron chi connectivity index (χ0n) is 8.47. The largest absolute Gasteiger partial charge is 0.309 e. The first kappa shape index (κ1) is 10.0. The third-order valence-electron chi connectivity index (χ3n) is 2.56. The summed E-state index contributed by atoms with van der Waals surface area (Å²) < 4.78 is 0. The molecule has 1 fully saturated rings. The van der Waals surface area contributed by atoms with Crippen LogP contribution in [0.3, 0.4) is 0 Å². The highest BCUT2D eigenvalue weighted by atomic mass is 14.9. The van der Waals surface area contributed by atoms with E-state index in [1.807, 2.05) is 0 Å². The van der Waals surface area contributed by atoms with Gasteiger partial charge in [-0.3, -0.25) is 0 Å². The van der Waals surface area contributed by atoms with Gasteiger partial charge in [-0.1, -0.05) is 26.7 Å². The topological polar surface area (TPSA) is 12.0 Å². The third kappa shape index (κ3) is 3.57. The van der Waals surface area contributed by atoms with Gasteiger partial charge >= 0.3 is 0 Å². The van der Waals surface area contributed by atoms with Crippen LogP contribution in [-0.2, 0) is 0 Å². The number of rotatable bonds is 7. The maximum Gasteiger partial charge on any atom is 0.0223 e. The van der Waals surface area contributed by atoms with E-state index in [1.54, 1.807) is 0 Å². The molecule has 0 spiro atoms. The van der Waals surface area contributed by atoms with Crippen LogP contribution in [0.4, 0.5) is 0 Å². The lowest BCUT2D eigenvalue weighted by molar-refractivity contribution is 0.456. The Morgan fingerprint density at radius 1 is 1.33 bits per heavy atom. The Bertz CT molecular complexity index is 108. The van der Waals surface area contributed by atoms with Gasteiger partial charge in [0.05, 0.1) is 0 Å². The first-order chi connectivity index (χ1) is 5.88. The average molecular weight is 168 g/mol. The summed E-state index contributed by atoms with van der Waals surface area (Å²) in [6, 6.07) is 0.793. The van der Waals surface area contributed by atoms with Crippen LogP contribution in [0.1, 0.15) is 52.4 Å². The molecule has 1 nitrogen and oxygen atoms in total. The number of hydrogen-bond donors (Lipinski definition) is 1. The number of nitrogens with one attached hydrogen (secondary N) is 1. The van der Waals surface area contributed by atoms with Gasteiger partial charge in [-0.15, -0.1) is 0 Å². The Morgan fingerprint density at radius 3 is 2.58 bits per heavy atom. The molecule has 71 valence electrons. The second kappa shape index (κ2) is 5.58. The fourth-order valence-electron chi connectivity index (χ4n) is 1.64. The Labute approximate surface area is 76.9 Å². The molecule has 1 radical (unpaired) electrons. The Morgan fingerprint density at radius 2 is 2.08 bits per heavy atom. The molecule has 1 unspecified atom stereocenters. The molecular weight excluding hydrogens is 146 g/mol. The molecule has 12 heavy (non-hydrogen) atoms. The molecule has 1 saturated carbocycles. The molecule has 1 N–H and O–H groups in total. The third-order valence-corrected chi connectivity index (χ3v) is 2.56. The van der Waals surface area contributed by atoms with Crippen molar-refractivity contribution in [1.82, 2.24) is 5.32 Å². The molecular formula is C11H22N. The van der Waals surface area contributed by atoms with Crippen LogP contribution in [0.15, 0.2) is 0 Å². The van der Waals surface area contributed by atoms with Crippen molar-refractivity contribution in [3.05, 3.63) is 6.54 Å². The Kier molecular flexibility index (Phi) is 4.67. The second-order valence-electron chi connectivity index (χ2n) is 3.89. The molecule has 0 aromatic heterocycles. The minimum absolute atomic E-state index is 0.793. The van der Waals surface area contributed by atoms with Gasteiger partial charge in [0.1, 0.15) is 0 Å². The zero-order valence-corrected chi connectivity index (χ0v) is 8.47. The standard InChI is InChI=1S/C11H22N/c1-3-5-9-12-11(6-4-2)10-7-8-10/h9-12H,3-8H2,1-2H3. The van der Waals surface area contributed by atoms with E-state index < -0.39 is 0 Å². The summed E-state index contributed by atoms with van der Waals surface area (Å²) in [4.78, 5) is 0. The van der Waals surface area contributed by atoms with E-state index >= 15 is 0 Å². The van der Waals surface area contributed by atoms with Crippen molar-refractivity contribution in [2.45, 2.75) is 58.4 Å². The lowest BCUT2D eigenvalue weighted by Gasteiger charge is -2.16. The summed E-state index contributed by atoms with van der Waals surface area (Å²) in [5.41, 5.74) is 0.